The van der Waals surface area contributed by atoms with Crippen molar-refractivity contribution in [2.75, 3.05) is 25.1 Å². The first kappa shape index (κ1) is 18.4. The molecular formula is C19H21FN4O4. The second-order valence-corrected chi connectivity index (χ2v) is 7.23. The number of nitrogens with zero attached hydrogens (tertiary/aromatic N) is 4. The van der Waals surface area contributed by atoms with Crippen LogP contribution in [-0.4, -0.2) is 46.5 Å². The fourth-order valence-electron chi connectivity index (χ4n) is 3.75. The lowest BCUT2D eigenvalue weighted by molar-refractivity contribution is 0.0695. The second kappa shape index (κ2) is 6.88. The van der Waals surface area contributed by atoms with E-state index in [1.807, 2.05) is 6.92 Å². The van der Waals surface area contributed by atoms with E-state index in [0.29, 0.717) is 18.7 Å². The molecule has 0 spiro atoms. The van der Waals surface area contributed by atoms with Crippen LogP contribution >= 0.6 is 0 Å². The van der Waals surface area contributed by atoms with E-state index in [9.17, 15) is 19.1 Å². The Morgan fingerprint density at radius 2 is 2.21 bits per heavy atom. The monoisotopic (exact) mass is 388 g/mol. The van der Waals surface area contributed by atoms with E-state index < -0.39 is 17.2 Å². The van der Waals surface area contributed by atoms with Crippen LogP contribution in [-0.2, 0) is 4.84 Å². The van der Waals surface area contributed by atoms with Crippen molar-refractivity contribution in [2.45, 2.75) is 32.2 Å². The number of carboxylic acids is 1. The molecular weight excluding hydrogens is 367 g/mol. The van der Waals surface area contributed by atoms with Gasteiger partial charge in [-0.25, -0.2) is 14.2 Å². The van der Waals surface area contributed by atoms with Crippen LogP contribution in [0.2, 0.25) is 0 Å². The first-order valence-electron chi connectivity index (χ1n) is 9.28. The Bertz CT molecular complexity index is 1040. The molecule has 4 rings (SSSR count). The molecule has 2 fully saturated rings. The standard InChI is InChI=1S/C19H21FN4O4/c1-3-10-7-23(9-15(10)22-28-2)18-14(20)6-12-16(25)13(19(26)27)8-24(11-4-5-11)17(12)21-18/h6,8,10-11H,3-5,7,9H2,1-2H3,(H,26,27)/b22-15+. The van der Waals surface area contributed by atoms with Crippen LogP contribution in [0.25, 0.3) is 11.0 Å². The van der Waals surface area contributed by atoms with Crippen molar-refractivity contribution < 1.29 is 19.1 Å². The molecule has 1 saturated heterocycles. The Morgan fingerprint density at radius 3 is 2.82 bits per heavy atom. The van der Waals surface area contributed by atoms with Gasteiger partial charge in [-0.15, -0.1) is 0 Å². The van der Waals surface area contributed by atoms with Gasteiger partial charge >= 0.3 is 5.97 Å². The Morgan fingerprint density at radius 1 is 1.46 bits per heavy atom. The molecule has 148 valence electrons. The van der Waals surface area contributed by atoms with Crippen LogP contribution in [0, 0.1) is 11.7 Å². The molecule has 2 aromatic heterocycles. The minimum Gasteiger partial charge on any atom is -0.477 e. The topological polar surface area (TPSA) is 97.0 Å². The van der Waals surface area contributed by atoms with Gasteiger partial charge < -0.3 is 19.4 Å². The molecule has 0 radical (unpaired) electrons. The van der Waals surface area contributed by atoms with Gasteiger partial charge in [0.2, 0.25) is 5.43 Å². The summed E-state index contributed by atoms with van der Waals surface area (Å²) in [5.74, 6) is -1.69. The van der Waals surface area contributed by atoms with E-state index in [0.717, 1.165) is 31.0 Å². The normalized spacial score (nSPS) is 20.9. The number of anilines is 1. The average molecular weight is 388 g/mol. The van der Waals surface area contributed by atoms with Crippen molar-refractivity contribution >= 4 is 28.5 Å². The van der Waals surface area contributed by atoms with E-state index in [4.69, 9.17) is 4.84 Å². The summed E-state index contributed by atoms with van der Waals surface area (Å²) < 4.78 is 16.6. The van der Waals surface area contributed by atoms with Gasteiger partial charge in [0, 0.05) is 24.7 Å². The third-order valence-electron chi connectivity index (χ3n) is 5.38. The van der Waals surface area contributed by atoms with Crippen LogP contribution in [0.4, 0.5) is 10.2 Å². The molecule has 1 unspecified atom stereocenters. The quantitative estimate of drug-likeness (QED) is 0.790. The summed E-state index contributed by atoms with van der Waals surface area (Å²) in [6.45, 7) is 2.97. The lowest BCUT2D eigenvalue weighted by atomic mass is 10.0. The van der Waals surface area contributed by atoms with E-state index in [1.165, 1.54) is 13.3 Å². The maximum atomic E-state index is 14.9. The van der Waals surface area contributed by atoms with Crippen LogP contribution < -0.4 is 10.3 Å². The van der Waals surface area contributed by atoms with Gasteiger partial charge in [-0.1, -0.05) is 12.1 Å². The zero-order valence-electron chi connectivity index (χ0n) is 15.7. The number of rotatable bonds is 5. The molecule has 0 bridgehead atoms. The Balaban J connectivity index is 1.86. The molecule has 1 aliphatic carbocycles. The first-order chi connectivity index (χ1) is 13.4. The summed E-state index contributed by atoms with van der Waals surface area (Å²) in [7, 11) is 1.48. The van der Waals surface area contributed by atoms with Crippen LogP contribution in [0.15, 0.2) is 22.2 Å². The van der Waals surface area contributed by atoms with Crippen molar-refractivity contribution in [1.29, 1.82) is 0 Å². The fraction of sp³-hybridized carbons (Fsp3) is 0.474. The number of hydrogen-bond donors (Lipinski definition) is 1. The lowest BCUT2D eigenvalue weighted by Gasteiger charge is -2.19. The molecule has 1 atom stereocenters. The average Bonchev–Trinajstić information content (AvgIpc) is 3.42. The summed E-state index contributed by atoms with van der Waals surface area (Å²) in [5.41, 5.74) is 0.0631. The zero-order chi connectivity index (χ0) is 20.0. The summed E-state index contributed by atoms with van der Waals surface area (Å²) in [5, 5.41) is 13.4. The van der Waals surface area contributed by atoms with Gasteiger partial charge in [-0.2, -0.15) is 0 Å². The van der Waals surface area contributed by atoms with Crippen LogP contribution in [0.5, 0.6) is 0 Å². The first-order valence-corrected chi connectivity index (χ1v) is 9.28. The third kappa shape index (κ3) is 3.00. The summed E-state index contributed by atoms with van der Waals surface area (Å²) in [4.78, 5) is 35.1. The predicted molar refractivity (Wildman–Crippen MR) is 102 cm³/mol. The molecule has 1 aliphatic heterocycles. The SMILES string of the molecule is CCC1CN(c2nc3c(cc2F)c(=O)c(C(=O)O)cn3C2CC2)C/C1=N\OC. The summed E-state index contributed by atoms with van der Waals surface area (Å²) in [6.07, 6.45) is 3.91. The Hall–Kier alpha value is -2.97. The van der Waals surface area contributed by atoms with Crippen LogP contribution in [0.3, 0.4) is 0 Å². The molecule has 2 aromatic rings. The Kier molecular flexibility index (Phi) is 4.52. The van der Waals surface area contributed by atoms with E-state index in [-0.39, 0.29) is 28.7 Å². The number of fused-ring (bicyclic) bond motifs is 1. The minimum atomic E-state index is -1.32. The predicted octanol–water partition coefficient (Wildman–Crippen LogP) is 2.42. The molecule has 0 aromatic carbocycles. The van der Waals surface area contributed by atoms with E-state index in [2.05, 4.69) is 10.1 Å². The van der Waals surface area contributed by atoms with Crippen LogP contribution in [0.1, 0.15) is 42.6 Å². The van der Waals surface area contributed by atoms with Gasteiger partial charge in [0.15, 0.2) is 11.6 Å². The van der Waals surface area contributed by atoms with Crippen molar-refractivity contribution in [2.24, 2.45) is 11.1 Å². The highest BCUT2D eigenvalue weighted by Gasteiger charge is 2.33. The van der Waals surface area contributed by atoms with Crippen molar-refractivity contribution in [3.8, 4) is 0 Å². The second-order valence-electron chi connectivity index (χ2n) is 7.23. The van der Waals surface area contributed by atoms with Gasteiger partial charge in [-0.3, -0.25) is 4.79 Å². The number of carbonyl (C=O) groups is 1. The number of carboxylic acid groups (broad SMARTS) is 1. The highest BCUT2D eigenvalue weighted by Crippen LogP contribution is 2.37. The fourth-order valence-corrected chi connectivity index (χ4v) is 3.75. The Labute approximate surface area is 160 Å². The number of aromatic nitrogens is 2. The number of halogens is 1. The molecule has 28 heavy (non-hydrogen) atoms. The van der Waals surface area contributed by atoms with Gasteiger partial charge in [-0.05, 0) is 25.3 Å². The number of oxime groups is 1. The van der Waals surface area contributed by atoms with Crippen molar-refractivity contribution in [3.63, 3.8) is 0 Å². The third-order valence-corrected chi connectivity index (χ3v) is 5.38. The van der Waals surface area contributed by atoms with E-state index >= 15 is 0 Å². The number of hydrogen-bond acceptors (Lipinski definition) is 6. The summed E-state index contributed by atoms with van der Waals surface area (Å²) >= 11 is 0. The molecule has 8 nitrogen and oxygen atoms in total. The summed E-state index contributed by atoms with van der Waals surface area (Å²) in [6, 6.07) is 1.19. The van der Waals surface area contributed by atoms with E-state index in [1.54, 1.807) is 9.47 Å². The number of aromatic carboxylic acids is 1. The molecule has 9 heteroatoms. The molecule has 0 amide bonds. The highest BCUT2D eigenvalue weighted by molar-refractivity contribution is 5.95. The lowest BCUT2D eigenvalue weighted by Crippen LogP contribution is -2.25. The minimum absolute atomic E-state index is 0.00919. The maximum absolute atomic E-state index is 14.9. The largest absolute Gasteiger partial charge is 0.477 e. The maximum Gasteiger partial charge on any atom is 0.341 e. The molecule has 2 aliphatic rings. The van der Waals surface area contributed by atoms with Gasteiger partial charge in [0.1, 0.15) is 18.3 Å². The van der Waals surface area contributed by atoms with Gasteiger partial charge in [0.05, 0.1) is 17.6 Å². The van der Waals surface area contributed by atoms with Crippen molar-refractivity contribution in [1.82, 2.24) is 9.55 Å². The zero-order valence-corrected chi connectivity index (χ0v) is 15.7. The highest BCUT2D eigenvalue weighted by atomic mass is 19.1. The number of pyridine rings is 2. The molecule has 1 N–H and O–H groups in total. The molecule has 3 heterocycles. The smallest absolute Gasteiger partial charge is 0.341 e. The van der Waals surface area contributed by atoms with Crippen molar-refractivity contribution in [3.05, 3.63) is 33.9 Å². The van der Waals surface area contributed by atoms with Gasteiger partial charge in [0.25, 0.3) is 0 Å². The molecule has 1 saturated carbocycles.